The Morgan fingerprint density at radius 3 is 1.07 bits per heavy atom. The van der Waals surface area contributed by atoms with Crippen LogP contribution in [0, 0.1) is 0 Å². The van der Waals surface area contributed by atoms with Crippen molar-refractivity contribution < 1.29 is 0 Å². The summed E-state index contributed by atoms with van der Waals surface area (Å²) in [6, 6.07) is 16.7. The highest BCUT2D eigenvalue weighted by Crippen LogP contribution is 2.11. The minimum absolute atomic E-state index is 0.750. The van der Waals surface area contributed by atoms with Crippen LogP contribution in [0.5, 0.6) is 0 Å². The van der Waals surface area contributed by atoms with E-state index in [1.165, 1.54) is 10.8 Å². The summed E-state index contributed by atoms with van der Waals surface area (Å²) in [6.07, 6.45) is 0. The maximum Gasteiger partial charge on any atom is 0.180 e. The molecule has 0 nitrogen and oxygen atoms in total. The number of halogens is 3. The zero-order valence-corrected chi connectivity index (χ0v) is 9.60. The number of benzene rings is 2. The Kier molecular flexibility index (Phi) is 5.10. The normalized spacial score (nSPS) is 9.71. The van der Waals surface area contributed by atoms with Gasteiger partial charge >= 0.3 is 0 Å². The first-order valence-corrected chi connectivity index (χ1v) is 5.37. The van der Waals surface area contributed by atoms with E-state index in [0.717, 1.165) is 0 Å². The van der Waals surface area contributed by atoms with Gasteiger partial charge in [0.25, 0.3) is 0 Å². The van der Waals surface area contributed by atoms with Gasteiger partial charge in [0.05, 0.1) is 0 Å². The van der Waals surface area contributed by atoms with Crippen molar-refractivity contribution in [3.8, 4) is 0 Å². The maximum atomic E-state index is 4.81. The number of fused-ring (bicyclic) bond motifs is 1. The minimum atomic E-state index is -0.750. The monoisotopic (exact) mass is 246 g/mol. The summed E-state index contributed by atoms with van der Waals surface area (Å²) in [5.41, 5.74) is 0. The highest BCUT2D eigenvalue weighted by atomic mass is 35.6. The molecule has 0 N–H and O–H groups in total. The quantitative estimate of drug-likeness (QED) is 0.585. The van der Waals surface area contributed by atoms with Gasteiger partial charge in [-0.1, -0.05) is 83.3 Å². The third-order valence-electron chi connectivity index (χ3n) is 1.66. The molecule has 0 atom stereocenters. The van der Waals surface area contributed by atoms with Gasteiger partial charge in [0, 0.05) is 0 Å². The molecule has 0 unspecified atom stereocenters. The molecule has 2 aromatic carbocycles. The molecule has 0 heterocycles. The second-order valence-corrected chi connectivity index (χ2v) is 4.57. The van der Waals surface area contributed by atoms with Gasteiger partial charge in [-0.15, -0.1) is 0 Å². The molecule has 0 aliphatic rings. The molecule has 0 aliphatic carbocycles. The van der Waals surface area contributed by atoms with Gasteiger partial charge in [-0.2, -0.15) is 0 Å². The smallest absolute Gasteiger partial charge is 0.0874 e. The molecule has 0 aromatic heterocycles. The van der Waals surface area contributed by atoms with Gasteiger partial charge in [0.15, 0.2) is 4.30 Å². The Balaban J connectivity index is 0.000000213. The molecule has 0 bridgehead atoms. The Morgan fingerprint density at radius 2 is 0.857 bits per heavy atom. The van der Waals surface area contributed by atoms with Crippen LogP contribution >= 0.6 is 34.8 Å². The van der Waals surface area contributed by atoms with E-state index in [1.54, 1.807) is 0 Å². The molecular weight excluding hydrogens is 238 g/mol. The maximum absolute atomic E-state index is 4.81. The summed E-state index contributed by atoms with van der Waals surface area (Å²) >= 11 is 14.4. The van der Waals surface area contributed by atoms with E-state index in [4.69, 9.17) is 34.8 Å². The van der Waals surface area contributed by atoms with Crippen LogP contribution in [0.3, 0.4) is 0 Å². The number of alkyl halides is 3. The van der Waals surface area contributed by atoms with Crippen molar-refractivity contribution in [3.63, 3.8) is 0 Å². The predicted molar refractivity (Wildman–Crippen MR) is 65.3 cm³/mol. The van der Waals surface area contributed by atoms with E-state index in [9.17, 15) is 0 Å². The number of hydrogen-bond acceptors (Lipinski definition) is 0. The fourth-order valence-electron chi connectivity index (χ4n) is 1.13. The van der Waals surface area contributed by atoms with Crippen molar-refractivity contribution in [1.82, 2.24) is 0 Å². The van der Waals surface area contributed by atoms with E-state index < -0.39 is 4.30 Å². The molecule has 0 spiro atoms. The minimum Gasteiger partial charge on any atom is -0.0874 e. The van der Waals surface area contributed by atoms with Crippen molar-refractivity contribution in [3.05, 3.63) is 48.5 Å². The predicted octanol–water partition coefficient (Wildman–Crippen LogP) is 4.83. The molecule has 0 amide bonds. The van der Waals surface area contributed by atoms with Crippen LogP contribution in [0.25, 0.3) is 10.8 Å². The van der Waals surface area contributed by atoms with Gasteiger partial charge in [-0.3, -0.25) is 0 Å². The topological polar surface area (TPSA) is 0 Å². The number of hydrogen-bond donors (Lipinski definition) is 0. The Bertz CT molecular complexity index is 317. The molecule has 2 aromatic rings. The van der Waals surface area contributed by atoms with Gasteiger partial charge in [-0.05, 0) is 10.8 Å². The van der Waals surface area contributed by atoms with Crippen molar-refractivity contribution in [1.29, 1.82) is 0 Å². The lowest BCUT2D eigenvalue weighted by molar-refractivity contribution is 1.75. The summed E-state index contributed by atoms with van der Waals surface area (Å²) in [5.74, 6) is 0. The molecule has 14 heavy (non-hydrogen) atoms. The lowest BCUT2D eigenvalue weighted by Crippen LogP contribution is -1.67. The van der Waals surface area contributed by atoms with Crippen LogP contribution in [-0.4, -0.2) is 4.30 Å². The van der Waals surface area contributed by atoms with Crippen LogP contribution in [0.2, 0.25) is 0 Å². The Hall–Kier alpha value is -0.430. The number of rotatable bonds is 0. The molecular formula is C11H9Cl3. The van der Waals surface area contributed by atoms with E-state index in [1.807, 2.05) is 0 Å². The molecule has 74 valence electrons. The SMILES string of the molecule is ClC(Cl)Cl.c1ccc2ccccc2c1. The van der Waals surface area contributed by atoms with Crippen LogP contribution in [0.15, 0.2) is 48.5 Å². The fraction of sp³-hybridized carbons (Fsp3) is 0.0909. The van der Waals surface area contributed by atoms with Crippen molar-refractivity contribution in [2.45, 2.75) is 4.30 Å². The summed E-state index contributed by atoms with van der Waals surface area (Å²) in [5, 5.41) is 2.62. The standard InChI is InChI=1S/C10H8.CHCl3/c1-2-6-10-8-4-3-7-9(10)5-1;2-1(3)4/h1-8H;1H. The third-order valence-corrected chi connectivity index (χ3v) is 1.66. The lowest BCUT2D eigenvalue weighted by Gasteiger charge is -1.92. The van der Waals surface area contributed by atoms with Crippen LogP contribution in [0.4, 0.5) is 0 Å². The second-order valence-electron chi connectivity index (χ2n) is 2.59. The van der Waals surface area contributed by atoms with Gasteiger partial charge in [0.2, 0.25) is 0 Å². The molecule has 3 heteroatoms. The van der Waals surface area contributed by atoms with Crippen LogP contribution in [0.1, 0.15) is 0 Å². The molecule has 0 saturated heterocycles. The van der Waals surface area contributed by atoms with Crippen LogP contribution in [-0.2, 0) is 0 Å². The molecule has 0 saturated carbocycles. The van der Waals surface area contributed by atoms with E-state index in [0.29, 0.717) is 0 Å². The average molecular weight is 248 g/mol. The zero-order valence-electron chi connectivity index (χ0n) is 7.33. The van der Waals surface area contributed by atoms with Gasteiger partial charge in [0.1, 0.15) is 0 Å². The van der Waals surface area contributed by atoms with Crippen molar-refractivity contribution in [2.75, 3.05) is 0 Å². The molecule has 2 rings (SSSR count). The Morgan fingerprint density at radius 1 is 0.643 bits per heavy atom. The van der Waals surface area contributed by atoms with Crippen molar-refractivity contribution >= 4 is 45.6 Å². The first-order valence-electron chi connectivity index (χ1n) is 4.06. The highest BCUT2D eigenvalue weighted by Gasteiger charge is 1.85. The third kappa shape index (κ3) is 4.19. The summed E-state index contributed by atoms with van der Waals surface area (Å²) in [4.78, 5) is 0. The van der Waals surface area contributed by atoms with E-state index in [-0.39, 0.29) is 0 Å². The summed E-state index contributed by atoms with van der Waals surface area (Å²) in [6.45, 7) is 0. The second kappa shape index (κ2) is 6.13. The van der Waals surface area contributed by atoms with Gasteiger partial charge < -0.3 is 0 Å². The molecule has 0 fully saturated rings. The summed E-state index contributed by atoms with van der Waals surface area (Å²) < 4.78 is -0.750. The zero-order chi connectivity index (χ0) is 10.4. The van der Waals surface area contributed by atoms with E-state index in [2.05, 4.69) is 48.5 Å². The average Bonchev–Trinajstić information content (AvgIpc) is 2.17. The Labute approximate surface area is 98.4 Å². The highest BCUT2D eigenvalue weighted by molar-refractivity contribution is 6.63. The van der Waals surface area contributed by atoms with Crippen molar-refractivity contribution in [2.24, 2.45) is 0 Å². The largest absolute Gasteiger partial charge is 0.180 e. The fourth-order valence-corrected chi connectivity index (χ4v) is 1.13. The van der Waals surface area contributed by atoms with Gasteiger partial charge in [-0.25, -0.2) is 0 Å². The molecule has 0 radical (unpaired) electrons. The summed E-state index contributed by atoms with van der Waals surface area (Å²) in [7, 11) is 0. The van der Waals surface area contributed by atoms with Crippen LogP contribution < -0.4 is 0 Å². The molecule has 0 aliphatic heterocycles. The van der Waals surface area contributed by atoms with E-state index >= 15 is 0 Å². The first kappa shape index (κ1) is 11.6. The first-order chi connectivity index (χ1) is 6.70. The lowest BCUT2D eigenvalue weighted by atomic mass is 10.1.